The van der Waals surface area contributed by atoms with Gasteiger partial charge in [0.2, 0.25) is 0 Å². The number of hydrogen-bond donors (Lipinski definition) is 1. The lowest BCUT2D eigenvalue weighted by Crippen LogP contribution is -2.49. The number of aromatic nitrogens is 1. The zero-order valence-corrected chi connectivity index (χ0v) is 23.4. The predicted molar refractivity (Wildman–Crippen MR) is 151 cm³/mol. The Kier molecular flexibility index (Phi) is 7.87. The van der Waals surface area contributed by atoms with Crippen LogP contribution >= 0.6 is 0 Å². The van der Waals surface area contributed by atoms with Crippen molar-refractivity contribution in [1.82, 2.24) is 19.7 Å². The second-order valence-electron chi connectivity index (χ2n) is 11.3. The minimum atomic E-state index is -4.70. The summed E-state index contributed by atoms with van der Waals surface area (Å²) in [4.78, 5) is 9.84. The fraction of sp³-hybridized carbons (Fsp3) is 0.344. The average molecular weight is 598 g/mol. The lowest BCUT2D eigenvalue weighted by Gasteiger charge is -2.44. The van der Waals surface area contributed by atoms with Crippen LogP contribution in [0.1, 0.15) is 41.1 Å². The van der Waals surface area contributed by atoms with Crippen molar-refractivity contribution in [2.45, 2.75) is 43.8 Å². The normalized spacial score (nSPS) is 19.1. The molecule has 2 N–H and O–H groups in total. The van der Waals surface area contributed by atoms with Crippen LogP contribution in [0.3, 0.4) is 0 Å². The van der Waals surface area contributed by atoms with Crippen LogP contribution in [0.5, 0.6) is 0 Å². The van der Waals surface area contributed by atoms with Gasteiger partial charge in [0, 0.05) is 75.1 Å². The molecular weight excluding hydrogens is 565 g/mol. The maximum Gasteiger partial charge on any atom is 0.416 e. The summed E-state index contributed by atoms with van der Waals surface area (Å²) in [6, 6.07) is 13.7. The van der Waals surface area contributed by atoms with Crippen molar-refractivity contribution in [3.63, 3.8) is 0 Å². The average Bonchev–Trinajstić information content (AvgIpc) is 3.33. The topological polar surface area (TPSA) is 57.9 Å². The third kappa shape index (κ3) is 6.09. The summed E-state index contributed by atoms with van der Waals surface area (Å²) >= 11 is 0. The Bertz CT molecular complexity index is 1520. The molecule has 1 spiro atoms. The molecule has 0 radical (unpaired) electrons. The van der Waals surface area contributed by atoms with Crippen LogP contribution in [0.15, 0.2) is 90.7 Å². The number of pyridine rings is 1. The molecule has 1 atom stereocenters. The second kappa shape index (κ2) is 11.6. The van der Waals surface area contributed by atoms with Crippen LogP contribution in [-0.2, 0) is 24.0 Å². The maximum absolute atomic E-state index is 14.9. The SMILES string of the molecule is N[C@@H](CN1C=C2C(=COC23CCN(Cc2cncc(F)c2)CC3)N(Cc2c(F)cccc2C(F)(F)F)C1)c1ccccc1. The number of rotatable bonds is 7. The molecule has 0 amide bonds. The highest BCUT2D eigenvalue weighted by atomic mass is 19.4. The van der Waals surface area contributed by atoms with Gasteiger partial charge in [0.05, 0.1) is 24.1 Å². The molecule has 1 saturated heterocycles. The van der Waals surface area contributed by atoms with Crippen molar-refractivity contribution in [3.05, 3.63) is 125 Å². The molecule has 0 unspecified atom stereocenters. The lowest BCUT2D eigenvalue weighted by molar-refractivity contribution is -0.138. The largest absolute Gasteiger partial charge is 0.488 e. The Labute approximate surface area is 246 Å². The number of alkyl halides is 3. The van der Waals surface area contributed by atoms with Crippen LogP contribution < -0.4 is 5.73 Å². The quantitative estimate of drug-likeness (QED) is 0.340. The molecule has 4 heterocycles. The second-order valence-corrected chi connectivity index (χ2v) is 11.3. The van der Waals surface area contributed by atoms with Gasteiger partial charge >= 0.3 is 6.18 Å². The van der Waals surface area contributed by atoms with Crippen LogP contribution in [0, 0.1) is 11.6 Å². The smallest absolute Gasteiger partial charge is 0.416 e. The van der Waals surface area contributed by atoms with Gasteiger partial charge in [-0.25, -0.2) is 8.78 Å². The molecule has 0 aliphatic carbocycles. The van der Waals surface area contributed by atoms with E-state index in [1.807, 2.05) is 41.4 Å². The predicted octanol–water partition coefficient (Wildman–Crippen LogP) is 5.94. The zero-order chi connectivity index (χ0) is 30.2. The van der Waals surface area contributed by atoms with Gasteiger partial charge in [-0.15, -0.1) is 0 Å². The van der Waals surface area contributed by atoms with E-state index in [2.05, 4.69) is 9.88 Å². The van der Waals surface area contributed by atoms with E-state index >= 15 is 0 Å². The number of halogens is 5. The molecule has 1 fully saturated rings. The third-order valence-corrected chi connectivity index (χ3v) is 8.43. The first kappa shape index (κ1) is 29.1. The Morgan fingerprint density at radius 1 is 0.977 bits per heavy atom. The standard InChI is InChI=1S/C32H32F5N5O/c33-24-13-22(14-39-15-24)16-40-11-9-31(10-12-40)27-18-41(19-29(38)23-5-2-1-3-6-23)21-42(30(27)20-43-31)17-25-26(32(35,36)37)7-4-8-28(25)34/h1-8,13-15,18,20,29H,9-12,16-17,19,21,38H2/t29-/m0/s1. The van der Waals surface area contributed by atoms with E-state index in [1.54, 1.807) is 17.4 Å². The summed E-state index contributed by atoms with van der Waals surface area (Å²) in [5.41, 5.74) is 7.65. The minimum absolute atomic E-state index is 0.208. The monoisotopic (exact) mass is 597 g/mol. The molecular formula is C32H32F5N5O. The molecule has 6 rings (SSSR count). The summed E-state index contributed by atoms with van der Waals surface area (Å²) in [5, 5.41) is 0. The molecule has 0 bridgehead atoms. The molecule has 2 aromatic carbocycles. The van der Waals surface area contributed by atoms with Gasteiger partial charge in [0.25, 0.3) is 0 Å². The van der Waals surface area contributed by atoms with Crippen molar-refractivity contribution in [2.75, 3.05) is 26.3 Å². The third-order valence-electron chi connectivity index (χ3n) is 8.43. The van der Waals surface area contributed by atoms with E-state index in [0.717, 1.165) is 34.9 Å². The first-order chi connectivity index (χ1) is 20.6. The Morgan fingerprint density at radius 3 is 2.47 bits per heavy atom. The molecule has 226 valence electrons. The van der Waals surface area contributed by atoms with Gasteiger partial charge in [-0.1, -0.05) is 36.4 Å². The van der Waals surface area contributed by atoms with Gasteiger partial charge < -0.3 is 20.3 Å². The van der Waals surface area contributed by atoms with Gasteiger partial charge in [-0.2, -0.15) is 13.2 Å². The van der Waals surface area contributed by atoms with Crippen molar-refractivity contribution < 1.29 is 26.7 Å². The molecule has 0 saturated carbocycles. The molecule has 3 aliphatic rings. The summed E-state index contributed by atoms with van der Waals surface area (Å²) in [5.74, 6) is -1.29. The van der Waals surface area contributed by atoms with Gasteiger partial charge in [0.15, 0.2) is 0 Å². The summed E-state index contributed by atoms with van der Waals surface area (Å²) < 4.78 is 76.6. The number of fused-ring (bicyclic) bond motifs is 2. The number of nitrogens with zero attached hydrogens (tertiary/aromatic N) is 4. The molecule has 43 heavy (non-hydrogen) atoms. The number of piperidine rings is 1. The number of benzene rings is 2. The summed E-state index contributed by atoms with van der Waals surface area (Å²) in [7, 11) is 0. The fourth-order valence-electron chi connectivity index (χ4n) is 6.22. The van der Waals surface area contributed by atoms with Crippen molar-refractivity contribution in [1.29, 1.82) is 0 Å². The maximum atomic E-state index is 14.9. The summed E-state index contributed by atoms with van der Waals surface area (Å²) in [6.45, 7) is 2.17. The first-order valence-corrected chi connectivity index (χ1v) is 14.2. The van der Waals surface area contributed by atoms with Crippen molar-refractivity contribution in [3.8, 4) is 0 Å². The molecule has 6 nitrogen and oxygen atoms in total. The zero-order valence-electron chi connectivity index (χ0n) is 23.4. The highest BCUT2D eigenvalue weighted by molar-refractivity contribution is 5.44. The highest BCUT2D eigenvalue weighted by Gasteiger charge is 2.48. The van der Waals surface area contributed by atoms with Gasteiger partial charge in [-0.3, -0.25) is 9.88 Å². The molecule has 3 aliphatic heterocycles. The number of likely N-dealkylation sites (tertiary alicyclic amines) is 1. The Balaban J connectivity index is 1.27. The number of nitrogens with two attached hydrogens (primary N) is 1. The van der Waals surface area contributed by atoms with Crippen LogP contribution in [0.2, 0.25) is 0 Å². The van der Waals surface area contributed by atoms with E-state index in [0.29, 0.717) is 44.7 Å². The van der Waals surface area contributed by atoms with Gasteiger partial charge in [0.1, 0.15) is 23.5 Å². The van der Waals surface area contributed by atoms with E-state index in [9.17, 15) is 22.0 Å². The number of ether oxygens (including phenoxy) is 1. The first-order valence-electron chi connectivity index (χ1n) is 14.2. The van der Waals surface area contributed by atoms with E-state index in [-0.39, 0.29) is 25.1 Å². The van der Waals surface area contributed by atoms with Crippen molar-refractivity contribution >= 4 is 0 Å². The van der Waals surface area contributed by atoms with Crippen molar-refractivity contribution in [2.24, 2.45) is 5.73 Å². The van der Waals surface area contributed by atoms with Crippen LogP contribution in [-0.4, -0.2) is 51.6 Å². The number of hydrogen-bond acceptors (Lipinski definition) is 6. The van der Waals surface area contributed by atoms with E-state index < -0.39 is 28.7 Å². The fourth-order valence-corrected chi connectivity index (χ4v) is 6.22. The Morgan fingerprint density at radius 2 is 1.74 bits per heavy atom. The van der Waals surface area contributed by atoms with Crippen LogP contribution in [0.4, 0.5) is 22.0 Å². The van der Waals surface area contributed by atoms with Crippen LogP contribution in [0.25, 0.3) is 0 Å². The van der Waals surface area contributed by atoms with E-state index in [4.69, 9.17) is 10.5 Å². The lowest BCUT2D eigenvalue weighted by atomic mass is 9.83. The molecule has 11 heteroatoms. The molecule has 1 aromatic heterocycles. The molecule has 3 aromatic rings. The minimum Gasteiger partial charge on any atom is -0.488 e. The summed E-state index contributed by atoms with van der Waals surface area (Å²) in [6.07, 6.45) is 2.93. The van der Waals surface area contributed by atoms with E-state index in [1.165, 1.54) is 12.3 Å². The Hall–Kier alpha value is -3.96. The highest BCUT2D eigenvalue weighted by Crippen LogP contribution is 2.46. The van der Waals surface area contributed by atoms with Gasteiger partial charge in [-0.05, 0) is 29.3 Å².